The van der Waals surface area contributed by atoms with E-state index in [0.29, 0.717) is 10.4 Å². The largest absolute Gasteiger partial charge is 0.387 e. The van der Waals surface area contributed by atoms with E-state index in [1.807, 2.05) is 0 Å². The molecule has 1 aliphatic carbocycles. The van der Waals surface area contributed by atoms with Crippen molar-refractivity contribution < 1.29 is 14.3 Å². The van der Waals surface area contributed by atoms with Crippen molar-refractivity contribution in [3.63, 3.8) is 0 Å². The van der Waals surface area contributed by atoms with Gasteiger partial charge in [0, 0.05) is 12.2 Å². The highest BCUT2D eigenvalue weighted by molar-refractivity contribution is 7.08. The molecule has 1 aliphatic rings. The first-order valence-corrected chi connectivity index (χ1v) is 7.57. The summed E-state index contributed by atoms with van der Waals surface area (Å²) < 4.78 is 16.9. The molecule has 1 unspecified atom stereocenters. The third-order valence-corrected chi connectivity index (χ3v) is 4.26. The van der Waals surface area contributed by atoms with Crippen LogP contribution in [-0.4, -0.2) is 32.9 Å². The number of nitrogens with zero attached hydrogens (tertiary/aromatic N) is 2. The Morgan fingerprint density at radius 2 is 2.10 bits per heavy atom. The number of aliphatic hydroxyl groups is 1. The van der Waals surface area contributed by atoms with Gasteiger partial charge in [0.25, 0.3) is 5.91 Å². The molecule has 0 aliphatic heterocycles. The molecule has 1 N–H and O–H groups in total. The Hall–Kier alpha value is -1.79. The summed E-state index contributed by atoms with van der Waals surface area (Å²) in [5.41, 5.74) is 0.610. The first-order chi connectivity index (χ1) is 10.1. The number of halogens is 1. The van der Waals surface area contributed by atoms with Crippen molar-refractivity contribution in [2.24, 2.45) is 0 Å². The van der Waals surface area contributed by atoms with Crippen molar-refractivity contribution in [1.82, 2.24) is 9.27 Å². The molecular formula is C15H15FN2O2S. The van der Waals surface area contributed by atoms with Crippen LogP contribution >= 0.6 is 11.5 Å². The van der Waals surface area contributed by atoms with E-state index in [-0.39, 0.29) is 24.3 Å². The van der Waals surface area contributed by atoms with Crippen LogP contribution in [0.3, 0.4) is 0 Å². The molecule has 1 amide bonds. The van der Waals surface area contributed by atoms with Crippen molar-refractivity contribution in [3.8, 4) is 0 Å². The zero-order chi connectivity index (χ0) is 14.8. The first kappa shape index (κ1) is 14.2. The fourth-order valence-corrected chi connectivity index (χ4v) is 2.78. The van der Waals surface area contributed by atoms with Gasteiger partial charge in [-0.3, -0.25) is 4.79 Å². The summed E-state index contributed by atoms with van der Waals surface area (Å²) >= 11 is 1.16. The van der Waals surface area contributed by atoms with E-state index in [1.165, 1.54) is 12.1 Å². The highest BCUT2D eigenvalue weighted by Gasteiger charge is 2.34. The number of hydrogen-bond acceptors (Lipinski definition) is 4. The Balaban J connectivity index is 1.73. The molecule has 3 rings (SSSR count). The molecule has 21 heavy (non-hydrogen) atoms. The molecule has 2 aromatic rings. The van der Waals surface area contributed by atoms with Crippen LogP contribution in [0.2, 0.25) is 0 Å². The van der Waals surface area contributed by atoms with Gasteiger partial charge in [-0.2, -0.15) is 0 Å². The van der Waals surface area contributed by atoms with Crippen LogP contribution in [0.25, 0.3) is 0 Å². The smallest absolute Gasteiger partial charge is 0.265 e. The van der Waals surface area contributed by atoms with Crippen LogP contribution < -0.4 is 0 Å². The van der Waals surface area contributed by atoms with Gasteiger partial charge in [-0.25, -0.2) is 8.76 Å². The molecular weight excluding hydrogens is 291 g/mol. The molecule has 0 bridgehead atoms. The Morgan fingerprint density at radius 1 is 1.38 bits per heavy atom. The maximum atomic E-state index is 12.9. The molecule has 0 saturated heterocycles. The third kappa shape index (κ3) is 3.28. The molecule has 0 spiro atoms. The quantitative estimate of drug-likeness (QED) is 0.924. The van der Waals surface area contributed by atoms with Gasteiger partial charge in [-0.15, -0.1) is 0 Å². The van der Waals surface area contributed by atoms with Crippen LogP contribution in [0.15, 0.2) is 36.5 Å². The van der Waals surface area contributed by atoms with Crippen LogP contribution in [-0.2, 0) is 0 Å². The molecule has 0 radical (unpaired) electrons. The monoisotopic (exact) mass is 306 g/mol. The third-order valence-electron chi connectivity index (χ3n) is 3.52. The lowest BCUT2D eigenvalue weighted by atomic mass is 10.1. The Kier molecular flexibility index (Phi) is 3.98. The van der Waals surface area contributed by atoms with Gasteiger partial charge in [-0.05, 0) is 48.1 Å². The van der Waals surface area contributed by atoms with Gasteiger partial charge in [0.1, 0.15) is 10.7 Å². The van der Waals surface area contributed by atoms with Gasteiger partial charge >= 0.3 is 0 Å². The fraction of sp³-hybridized carbons (Fsp3) is 0.333. The van der Waals surface area contributed by atoms with Crippen molar-refractivity contribution in [2.45, 2.75) is 25.0 Å². The van der Waals surface area contributed by atoms with E-state index in [2.05, 4.69) is 4.37 Å². The second-order valence-corrected chi connectivity index (χ2v) is 5.97. The average molecular weight is 306 g/mol. The summed E-state index contributed by atoms with van der Waals surface area (Å²) in [6.07, 6.45) is 2.70. The molecule has 1 aromatic carbocycles. The van der Waals surface area contributed by atoms with Gasteiger partial charge in [-0.1, -0.05) is 12.1 Å². The molecule has 1 atom stereocenters. The normalized spacial score (nSPS) is 15.7. The van der Waals surface area contributed by atoms with Gasteiger partial charge < -0.3 is 10.0 Å². The lowest BCUT2D eigenvalue weighted by Crippen LogP contribution is -2.36. The first-order valence-electron chi connectivity index (χ1n) is 6.80. The molecule has 1 fully saturated rings. The summed E-state index contributed by atoms with van der Waals surface area (Å²) in [6.45, 7) is 0.215. The minimum Gasteiger partial charge on any atom is -0.387 e. The predicted octanol–water partition coefficient (Wildman–Crippen LogP) is 2.62. The number of rotatable bonds is 5. The Morgan fingerprint density at radius 3 is 2.67 bits per heavy atom. The van der Waals surface area contributed by atoms with Crippen molar-refractivity contribution in [3.05, 3.63) is 52.8 Å². The second-order valence-electron chi connectivity index (χ2n) is 5.13. The van der Waals surface area contributed by atoms with Gasteiger partial charge in [0.2, 0.25) is 0 Å². The van der Waals surface area contributed by atoms with E-state index in [9.17, 15) is 14.3 Å². The molecule has 1 heterocycles. The van der Waals surface area contributed by atoms with Crippen LogP contribution in [0.4, 0.5) is 4.39 Å². The summed E-state index contributed by atoms with van der Waals surface area (Å²) in [6, 6.07) is 7.59. The second kappa shape index (κ2) is 5.91. The minimum absolute atomic E-state index is 0.0961. The number of carbonyl (C=O) groups excluding carboxylic acids is 1. The summed E-state index contributed by atoms with van der Waals surface area (Å²) in [5.74, 6) is -0.438. The zero-order valence-corrected chi connectivity index (χ0v) is 12.1. The minimum atomic E-state index is -0.817. The Labute approximate surface area is 126 Å². The molecule has 110 valence electrons. The number of amides is 1. The van der Waals surface area contributed by atoms with Gasteiger partial charge in [0.05, 0.1) is 12.6 Å². The van der Waals surface area contributed by atoms with Crippen LogP contribution in [0.1, 0.15) is 34.2 Å². The number of aromatic nitrogens is 1. The highest BCUT2D eigenvalue weighted by Crippen LogP contribution is 2.30. The van der Waals surface area contributed by atoms with E-state index < -0.39 is 6.10 Å². The van der Waals surface area contributed by atoms with E-state index in [4.69, 9.17) is 0 Å². The number of aliphatic hydroxyl groups excluding tert-OH is 1. The average Bonchev–Trinajstić information content (AvgIpc) is 3.18. The number of carbonyl (C=O) groups is 1. The molecule has 1 aromatic heterocycles. The number of hydrogen-bond donors (Lipinski definition) is 1. The van der Waals surface area contributed by atoms with Crippen molar-refractivity contribution >= 4 is 17.4 Å². The lowest BCUT2D eigenvalue weighted by Gasteiger charge is -2.24. The topological polar surface area (TPSA) is 53.4 Å². The maximum Gasteiger partial charge on any atom is 0.265 e. The van der Waals surface area contributed by atoms with E-state index in [0.717, 1.165) is 24.4 Å². The summed E-state index contributed by atoms with van der Waals surface area (Å²) in [5, 5.41) is 10.3. The van der Waals surface area contributed by atoms with Crippen molar-refractivity contribution in [2.75, 3.05) is 6.54 Å². The highest BCUT2D eigenvalue weighted by atomic mass is 32.1. The lowest BCUT2D eigenvalue weighted by molar-refractivity contribution is 0.0607. The fourth-order valence-electron chi connectivity index (χ4n) is 2.23. The van der Waals surface area contributed by atoms with E-state index >= 15 is 0 Å². The maximum absolute atomic E-state index is 12.9. The molecule has 1 saturated carbocycles. The van der Waals surface area contributed by atoms with Crippen LogP contribution in [0, 0.1) is 5.82 Å². The van der Waals surface area contributed by atoms with Crippen molar-refractivity contribution in [1.29, 1.82) is 0 Å². The van der Waals surface area contributed by atoms with Gasteiger partial charge in [0.15, 0.2) is 0 Å². The molecule has 4 nitrogen and oxygen atoms in total. The number of benzene rings is 1. The summed E-state index contributed by atoms with van der Waals surface area (Å²) in [4.78, 5) is 14.7. The van der Waals surface area contributed by atoms with E-state index in [1.54, 1.807) is 29.3 Å². The predicted molar refractivity (Wildman–Crippen MR) is 77.5 cm³/mol. The summed E-state index contributed by atoms with van der Waals surface area (Å²) in [7, 11) is 0. The van der Waals surface area contributed by atoms with Crippen LogP contribution in [0.5, 0.6) is 0 Å². The standard InChI is InChI=1S/C15H15FN2O2S/c16-11-3-1-10(2-4-11)13(19)9-18(12-5-6-12)15(20)14-7-8-17-21-14/h1-4,7-8,12-13,19H,5-6,9H2. The zero-order valence-electron chi connectivity index (χ0n) is 11.3. The SMILES string of the molecule is O=C(c1ccns1)N(CC(O)c1ccc(F)cc1)C1CC1. The Bertz CT molecular complexity index is 611. The molecule has 6 heteroatoms.